The Morgan fingerprint density at radius 2 is 1.83 bits per heavy atom. The van der Waals surface area contributed by atoms with Gasteiger partial charge in [-0.15, -0.1) is 0 Å². The highest BCUT2D eigenvalue weighted by Crippen LogP contribution is 2.20. The van der Waals surface area contributed by atoms with Crippen molar-refractivity contribution in [3.8, 4) is 0 Å². The zero-order chi connectivity index (χ0) is 17.1. The van der Waals surface area contributed by atoms with Crippen molar-refractivity contribution < 1.29 is 14.3 Å². The van der Waals surface area contributed by atoms with Gasteiger partial charge in [-0.2, -0.15) is 0 Å². The second kappa shape index (κ2) is 6.89. The highest BCUT2D eigenvalue weighted by molar-refractivity contribution is 6.31. The number of benzene rings is 2. The average Bonchev–Trinajstić information content (AvgIpc) is 3.00. The molecule has 2 aromatic carbocycles. The molecular weight excluding hydrogens is 326 g/mol. The number of nitrogens with one attached hydrogen (secondary N) is 1. The lowest BCUT2D eigenvalue weighted by Gasteiger charge is -2.12. The van der Waals surface area contributed by atoms with Gasteiger partial charge in [0, 0.05) is 27.7 Å². The molecule has 0 unspecified atom stereocenters. The summed E-state index contributed by atoms with van der Waals surface area (Å²) in [7, 11) is 0. The van der Waals surface area contributed by atoms with Gasteiger partial charge >= 0.3 is 5.97 Å². The quantitative estimate of drug-likeness (QED) is 0.559. The van der Waals surface area contributed by atoms with E-state index in [1.165, 1.54) is 0 Å². The third kappa shape index (κ3) is 3.34. The van der Waals surface area contributed by atoms with Gasteiger partial charge in [0.1, 0.15) is 0 Å². The zero-order valence-corrected chi connectivity index (χ0v) is 13.8. The van der Waals surface area contributed by atoms with Crippen LogP contribution >= 0.6 is 11.6 Å². The molecule has 5 heteroatoms. The van der Waals surface area contributed by atoms with Crippen molar-refractivity contribution in [2.24, 2.45) is 0 Å². The number of aromatic amines is 1. The predicted molar refractivity (Wildman–Crippen MR) is 93.3 cm³/mol. The second-order valence-corrected chi connectivity index (χ2v) is 5.92. The Balaban J connectivity index is 1.70. The van der Waals surface area contributed by atoms with Crippen LogP contribution in [0.5, 0.6) is 0 Å². The molecule has 1 aromatic heterocycles. The van der Waals surface area contributed by atoms with Crippen LogP contribution in [-0.4, -0.2) is 22.8 Å². The van der Waals surface area contributed by atoms with E-state index in [4.69, 9.17) is 16.3 Å². The second-order valence-electron chi connectivity index (χ2n) is 5.51. The zero-order valence-electron chi connectivity index (χ0n) is 13.1. The van der Waals surface area contributed by atoms with Gasteiger partial charge in [0.25, 0.3) is 0 Å². The SMILES string of the molecule is C[C@H](OC(=O)Cc1ccccc1Cl)C(=O)c1c[nH]c2ccccc12. The number of aromatic nitrogens is 1. The van der Waals surface area contributed by atoms with Gasteiger partial charge in [0.15, 0.2) is 6.10 Å². The molecular formula is C19H16ClNO3. The maximum absolute atomic E-state index is 12.6. The van der Waals surface area contributed by atoms with Crippen molar-refractivity contribution in [1.82, 2.24) is 4.98 Å². The Hall–Kier alpha value is -2.59. The summed E-state index contributed by atoms with van der Waals surface area (Å²) in [5.74, 6) is -0.719. The van der Waals surface area contributed by atoms with Gasteiger partial charge < -0.3 is 9.72 Å². The summed E-state index contributed by atoms with van der Waals surface area (Å²) in [6.45, 7) is 1.58. The van der Waals surface area contributed by atoms with Crippen LogP contribution in [0.3, 0.4) is 0 Å². The third-order valence-electron chi connectivity index (χ3n) is 3.82. The van der Waals surface area contributed by atoms with Crippen molar-refractivity contribution in [3.05, 3.63) is 70.9 Å². The molecule has 3 rings (SSSR count). The summed E-state index contributed by atoms with van der Waals surface area (Å²) in [6, 6.07) is 14.6. The molecule has 0 saturated heterocycles. The summed E-state index contributed by atoms with van der Waals surface area (Å²) >= 11 is 6.04. The smallest absolute Gasteiger partial charge is 0.311 e. The molecule has 0 aliphatic carbocycles. The number of halogens is 1. The summed E-state index contributed by atoms with van der Waals surface area (Å²) in [4.78, 5) is 27.7. The van der Waals surface area contributed by atoms with E-state index in [9.17, 15) is 9.59 Å². The Morgan fingerprint density at radius 1 is 1.12 bits per heavy atom. The first-order valence-electron chi connectivity index (χ1n) is 7.59. The molecule has 0 bridgehead atoms. The normalized spacial score (nSPS) is 12.1. The van der Waals surface area contributed by atoms with E-state index in [0.717, 1.165) is 10.9 Å². The van der Waals surface area contributed by atoms with E-state index in [1.807, 2.05) is 24.3 Å². The van der Waals surface area contributed by atoms with E-state index < -0.39 is 12.1 Å². The molecule has 1 atom stereocenters. The van der Waals surface area contributed by atoms with Crippen molar-refractivity contribution in [3.63, 3.8) is 0 Å². The Bertz CT molecular complexity index is 900. The first-order chi connectivity index (χ1) is 11.6. The number of esters is 1. The van der Waals surface area contributed by atoms with Gasteiger partial charge in [-0.05, 0) is 24.6 Å². The van der Waals surface area contributed by atoms with Crippen LogP contribution in [0.4, 0.5) is 0 Å². The number of hydrogen-bond acceptors (Lipinski definition) is 3. The average molecular weight is 342 g/mol. The molecule has 122 valence electrons. The van der Waals surface area contributed by atoms with Crippen LogP contribution in [0, 0.1) is 0 Å². The van der Waals surface area contributed by atoms with Gasteiger partial charge in [-0.3, -0.25) is 9.59 Å². The lowest BCUT2D eigenvalue weighted by molar-refractivity contribution is -0.145. The van der Waals surface area contributed by atoms with Crippen LogP contribution < -0.4 is 0 Å². The van der Waals surface area contributed by atoms with Crippen molar-refractivity contribution in [1.29, 1.82) is 0 Å². The molecule has 0 amide bonds. The van der Waals surface area contributed by atoms with Crippen LogP contribution in [0.2, 0.25) is 5.02 Å². The third-order valence-corrected chi connectivity index (χ3v) is 4.19. The fourth-order valence-corrected chi connectivity index (χ4v) is 2.79. The number of rotatable bonds is 5. The molecule has 0 saturated carbocycles. The largest absolute Gasteiger partial charge is 0.454 e. The van der Waals surface area contributed by atoms with Crippen molar-refractivity contribution in [2.45, 2.75) is 19.4 Å². The van der Waals surface area contributed by atoms with E-state index in [-0.39, 0.29) is 12.2 Å². The fourth-order valence-electron chi connectivity index (χ4n) is 2.58. The van der Waals surface area contributed by atoms with Crippen molar-refractivity contribution in [2.75, 3.05) is 0 Å². The van der Waals surface area contributed by atoms with E-state index in [1.54, 1.807) is 37.4 Å². The first kappa shape index (κ1) is 16.3. The highest BCUT2D eigenvalue weighted by Gasteiger charge is 2.22. The molecule has 0 spiro atoms. The standard InChI is InChI=1S/C19H16ClNO3/c1-12(24-18(22)10-13-6-2-4-8-16(13)20)19(23)15-11-21-17-9-5-3-7-14(15)17/h2-9,11-12,21H,10H2,1H3/t12-/m0/s1. The number of carbonyl (C=O) groups excluding carboxylic acids is 2. The number of ether oxygens (including phenoxy) is 1. The first-order valence-corrected chi connectivity index (χ1v) is 7.97. The molecule has 0 aliphatic rings. The van der Waals surface area contributed by atoms with Crippen LogP contribution in [0.1, 0.15) is 22.8 Å². The number of fused-ring (bicyclic) bond motifs is 1. The molecule has 3 aromatic rings. The number of Topliss-reactive ketones (excluding diaryl/α,β-unsaturated/α-hetero) is 1. The maximum atomic E-state index is 12.6. The Labute approximate surface area is 144 Å². The molecule has 1 heterocycles. The number of ketones is 1. The molecule has 4 nitrogen and oxygen atoms in total. The minimum absolute atomic E-state index is 0.0329. The van der Waals surface area contributed by atoms with Gasteiger partial charge in [0.2, 0.25) is 5.78 Å². The molecule has 24 heavy (non-hydrogen) atoms. The number of hydrogen-bond donors (Lipinski definition) is 1. The summed E-state index contributed by atoms with van der Waals surface area (Å²) in [5.41, 5.74) is 2.06. The Kier molecular flexibility index (Phi) is 4.67. The summed E-state index contributed by atoms with van der Waals surface area (Å²) in [5, 5.41) is 1.32. The number of carbonyl (C=O) groups is 2. The Morgan fingerprint density at radius 3 is 2.62 bits per heavy atom. The van der Waals surface area contributed by atoms with Gasteiger partial charge in [-0.1, -0.05) is 48.0 Å². The minimum Gasteiger partial charge on any atom is -0.454 e. The lowest BCUT2D eigenvalue weighted by atomic mass is 10.1. The lowest BCUT2D eigenvalue weighted by Crippen LogP contribution is -2.25. The van der Waals surface area contributed by atoms with Gasteiger partial charge in [-0.25, -0.2) is 0 Å². The molecule has 1 N–H and O–H groups in total. The highest BCUT2D eigenvalue weighted by atomic mass is 35.5. The van der Waals surface area contributed by atoms with E-state index >= 15 is 0 Å². The fraction of sp³-hybridized carbons (Fsp3) is 0.158. The molecule has 0 aliphatic heterocycles. The maximum Gasteiger partial charge on any atom is 0.311 e. The monoisotopic (exact) mass is 341 g/mol. The van der Waals surface area contributed by atoms with Gasteiger partial charge in [0.05, 0.1) is 6.42 Å². The summed E-state index contributed by atoms with van der Waals surface area (Å²) in [6.07, 6.45) is 0.815. The predicted octanol–water partition coefficient (Wildman–Crippen LogP) is 4.18. The van der Waals surface area contributed by atoms with E-state index in [0.29, 0.717) is 16.1 Å². The summed E-state index contributed by atoms with van der Waals surface area (Å²) < 4.78 is 5.28. The minimum atomic E-state index is -0.862. The molecule has 0 radical (unpaired) electrons. The number of para-hydroxylation sites is 1. The number of H-pyrrole nitrogens is 1. The van der Waals surface area contributed by atoms with E-state index in [2.05, 4.69) is 4.98 Å². The molecule has 0 fully saturated rings. The topological polar surface area (TPSA) is 59.2 Å². The van der Waals surface area contributed by atoms with Crippen molar-refractivity contribution >= 4 is 34.3 Å². The van der Waals surface area contributed by atoms with Crippen LogP contribution in [0.15, 0.2) is 54.7 Å². The van der Waals surface area contributed by atoms with Crippen LogP contribution in [-0.2, 0) is 16.0 Å². The van der Waals surface area contributed by atoms with Crippen LogP contribution in [0.25, 0.3) is 10.9 Å².